The van der Waals surface area contributed by atoms with Crippen molar-refractivity contribution < 1.29 is 9.53 Å². The van der Waals surface area contributed by atoms with Gasteiger partial charge in [0.15, 0.2) is 5.78 Å². The third kappa shape index (κ3) is 4.22. The number of thiophene rings is 1. The van der Waals surface area contributed by atoms with Crippen LogP contribution in [0.25, 0.3) is 0 Å². The molecule has 1 rings (SSSR count). The number of methoxy groups -OCH3 is 1. The van der Waals surface area contributed by atoms with E-state index in [9.17, 15) is 4.79 Å². The first kappa shape index (κ1) is 13.6. The second-order valence-electron chi connectivity index (χ2n) is 3.39. The van der Waals surface area contributed by atoms with Gasteiger partial charge in [0.2, 0.25) is 0 Å². The molecule has 0 aliphatic rings. The summed E-state index contributed by atoms with van der Waals surface area (Å²) < 4.78 is 5.65. The summed E-state index contributed by atoms with van der Waals surface area (Å²) >= 11 is 7.12. The van der Waals surface area contributed by atoms with E-state index in [4.69, 9.17) is 16.3 Å². The van der Waals surface area contributed by atoms with Crippen LogP contribution in [0.4, 0.5) is 0 Å². The highest BCUT2D eigenvalue weighted by Gasteiger charge is 2.12. The number of Topliss-reactive ketones (excluding diaryl/α,β-unsaturated/α-hetero) is 1. The van der Waals surface area contributed by atoms with Crippen LogP contribution in [0, 0.1) is 0 Å². The van der Waals surface area contributed by atoms with Gasteiger partial charge in [-0.25, -0.2) is 0 Å². The zero-order valence-corrected chi connectivity index (χ0v) is 11.1. The lowest BCUT2D eigenvalue weighted by molar-refractivity contribution is 0.0906. The molecule has 1 heterocycles. The van der Waals surface area contributed by atoms with E-state index in [2.05, 4.69) is 4.90 Å². The minimum absolute atomic E-state index is 0.120. The summed E-state index contributed by atoms with van der Waals surface area (Å²) in [4.78, 5) is 14.6. The fourth-order valence-corrected chi connectivity index (χ4v) is 2.29. The lowest BCUT2D eigenvalue weighted by atomic mass is 10.3. The van der Waals surface area contributed by atoms with Gasteiger partial charge in [0.1, 0.15) is 0 Å². The van der Waals surface area contributed by atoms with Crippen LogP contribution in [0.2, 0.25) is 4.34 Å². The van der Waals surface area contributed by atoms with Crippen molar-refractivity contribution in [2.24, 2.45) is 0 Å². The predicted molar refractivity (Wildman–Crippen MR) is 67.6 cm³/mol. The highest BCUT2D eigenvalue weighted by atomic mass is 35.5. The number of carbonyl (C=O) groups is 1. The van der Waals surface area contributed by atoms with E-state index >= 15 is 0 Å². The summed E-state index contributed by atoms with van der Waals surface area (Å²) in [5.41, 5.74) is 0. The van der Waals surface area contributed by atoms with Gasteiger partial charge in [0, 0.05) is 13.7 Å². The Balaban J connectivity index is 2.48. The number of hydrogen-bond acceptors (Lipinski definition) is 4. The fraction of sp³-hybridized carbons (Fsp3) is 0.545. The zero-order valence-electron chi connectivity index (χ0n) is 9.53. The van der Waals surface area contributed by atoms with Gasteiger partial charge < -0.3 is 4.74 Å². The maximum absolute atomic E-state index is 11.9. The molecule has 0 unspecified atom stereocenters. The molecule has 0 spiro atoms. The van der Waals surface area contributed by atoms with E-state index in [1.165, 1.54) is 11.3 Å². The minimum atomic E-state index is 0.120. The van der Waals surface area contributed by atoms with Crippen molar-refractivity contribution in [2.75, 3.05) is 33.4 Å². The van der Waals surface area contributed by atoms with Crippen molar-refractivity contribution >= 4 is 28.7 Å². The summed E-state index contributed by atoms with van der Waals surface area (Å²) in [5.74, 6) is 0.120. The van der Waals surface area contributed by atoms with Crippen molar-refractivity contribution in [3.63, 3.8) is 0 Å². The molecule has 0 fully saturated rings. The number of halogens is 1. The summed E-state index contributed by atoms with van der Waals surface area (Å²) in [6, 6.07) is 3.53. The number of nitrogens with zero attached hydrogens (tertiary/aromatic N) is 1. The molecular formula is C11H16ClNO2S. The highest BCUT2D eigenvalue weighted by Crippen LogP contribution is 2.21. The number of carbonyl (C=O) groups excluding carboxylic acids is 1. The average Bonchev–Trinajstić information content (AvgIpc) is 2.70. The molecule has 0 aliphatic carbocycles. The maximum Gasteiger partial charge on any atom is 0.186 e. The van der Waals surface area contributed by atoms with Gasteiger partial charge in [-0.1, -0.05) is 18.5 Å². The number of rotatable bonds is 7. The van der Waals surface area contributed by atoms with Crippen LogP contribution >= 0.6 is 22.9 Å². The molecule has 0 radical (unpaired) electrons. The molecule has 90 valence electrons. The van der Waals surface area contributed by atoms with E-state index in [0.29, 0.717) is 17.5 Å². The van der Waals surface area contributed by atoms with Gasteiger partial charge in [-0.05, 0) is 18.7 Å². The molecular weight excluding hydrogens is 246 g/mol. The Labute approximate surface area is 105 Å². The third-order valence-corrected chi connectivity index (χ3v) is 3.55. The SMILES string of the molecule is CCN(CCOC)CC(=O)c1ccc(Cl)s1. The zero-order chi connectivity index (χ0) is 12.0. The molecule has 5 heteroatoms. The van der Waals surface area contributed by atoms with Gasteiger partial charge >= 0.3 is 0 Å². The van der Waals surface area contributed by atoms with Crippen molar-refractivity contribution in [3.05, 3.63) is 21.3 Å². The van der Waals surface area contributed by atoms with Crippen LogP contribution < -0.4 is 0 Å². The van der Waals surface area contributed by atoms with Crippen LogP contribution in [0.1, 0.15) is 16.6 Å². The normalized spacial score (nSPS) is 11.0. The van der Waals surface area contributed by atoms with Crippen molar-refractivity contribution in [1.82, 2.24) is 4.90 Å². The monoisotopic (exact) mass is 261 g/mol. The first-order valence-electron chi connectivity index (χ1n) is 5.17. The van der Waals surface area contributed by atoms with E-state index in [1.807, 2.05) is 6.92 Å². The summed E-state index contributed by atoms with van der Waals surface area (Å²) in [6.45, 7) is 4.72. The minimum Gasteiger partial charge on any atom is -0.383 e. The number of likely N-dealkylation sites (N-methyl/N-ethyl adjacent to an activating group) is 1. The van der Waals surface area contributed by atoms with Crippen molar-refractivity contribution in [1.29, 1.82) is 0 Å². The molecule has 0 aromatic carbocycles. The lowest BCUT2D eigenvalue weighted by Crippen LogP contribution is -2.32. The Morgan fingerprint density at radius 1 is 1.56 bits per heavy atom. The van der Waals surface area contributed by atoms with Gasteiger partial charge in [0.05, 0.1) is 22.4 Å². The smallest absolute Gasteiger partial charge is 0.186 e. The van der Waals surface area contributed by atoms with Crippen LogP contribution in [0.3, 0.4) is 0 Å². The fourth-order valence-electron chi connectivity index (χ4n) is 1.31. The number of ketones is 1. The standard InChI is InChI=1S/C11H16ClNO2S/c1-3-13(6-7-15-2)8-9(14)10-4-5-11(12)16-10/h4-5H,3,6-8H2,1-2H3. The van der Waals surface area contributed by atoms with Gasteiger partial charge in [-0.3, -0.25) is 9.69 Å². The molecule has 0 bridgehead atoms. The third-order valence-electron chi connectivity index (χ3n) is 2.27. The molecule has 1 aromatic heterocycles. The largest absolute Gasteiger partial charge is 0.383 e. The van der Waals surface area contributed by atoms with Crippen molar-refractivity contribution in [3.8, 4) is 0 Å². The number of hydrogen-bond donors (Lipinski definition) is 0. The van der Waals surface area contributed by atoms with E-state index < -0.39 is 0 Å². The second-order valence-corrected chi connectivity index (χ2v) is 5.10. The average molecular weight is 262 g/mol. The number of ether oxygens (including phenoxy) is 1. The van der Waals surface area contributed by atoms with Crippen molar-refractivity contribution in [2.45, 2.75) is 6.92 Å². The lowest BCUT2D eigenvalue weighted by Gasteiger charge is -2.18. The Kier molecular flexibility index (Phi) is 5.98. The Hall–Kier alpha value is -0.420. The predicted octanol–water partition coefficient (Wildman–Crippen LogP) is 2.55. The van der Waals surface area contributed by atoms with E-state index in [-0.39, 0.29) is 5.78 Å². The molecule has 0 aliphatic heterocycles. The molecule has 1 aromatic rings. The summed E-state index contributed by atoms with van der Waals surface area (Å²) in [7, 11) is 1.66. The van der Waals surface area contributed by atoms with E-state index in [1.54, 1.807) is 19.2 Å². The molecule has 16 heavy (non-hydrogen) atoms. The Morgan fingerprint density at radius 2 is 2.31 bits per heavy atom. The van der Waals surface area contributed by atoms with Crippen LogP contribution in [0.5, 0.6) is 0 Å². The highest BCUT2D eigenvalue weighted by molar-refractivity contribution is 7.18. The molecule has 0 saturated carbocycles. The summed E-state index contributed by atoms with van der Waals surface area (Å²) in [5, 5.41) is 0. The van der Waals surface area contributed by atoms with E-state index in [0.717, 1.165) is 18.0 Å². The molecule has 0 amide bonds. The van der Waals surface area contributed by atoms with Gasteiger partial charge in [0.25, 0.3) is 0 Å². The van der Waals surface area contributed by atoms with Gasteiger partial charge in [-0.15, -0.1) is 11.3 Å². The topological polar surface area (TPSA) is 29.5 Å². The second kappa shape index (κ2) is 7.01. The molecule has 3 nitrogen and oxygen atoms in total. The summed E-state index contributed by atoms with van der Waals surface area (Å²) in [6.07, 6.45) is 0. The molecule has 0 saturated heterocycles. The van der Waals surface area contributed by atoms with Crippen LogP contribution in [-0.2, 0) is 4.74 Å². The van der Waals surface area contributed by atoms with Crippen LogP contribution in [-0.4, -0.2) is 44.0 Å². The van der Waals surface area contributed by atoms with Crippen LogP contribution in [0.15, 0.2) is 12.1 Å². The first-order chi connectivity index (χ1) is 7.67. The maximum atomic E-state index is 11.9. The first-order valence-corrected chi connectivity index (χ1v) is 6.36. The molecule has 0 N–H and O–H groups in total. The Bertz CT molecular complexity index is 340. The molecule has 0 atom stereocenters. The quantitative estimate of drug-likeness (QED) is 0.707. The Morgan fingerprint density at radius 3 is 2.81 bits per heavy atom. The van der Waals surface area contributed by atoms with Gasteiger partial charge in [-0.2, -0.15) is 0 Å².